The second kappa shape index (κ2) is 6.96. The van der Waals surface area contributed by atoms with Crippen LogP contribution in [-0.2, 0) is 5.60 Å². The molecule has 2 heterocycles. The van der Waals surface area contributed by atoms with E-state index in [1.54, 1.807) is 0 Å². The van der Waals surface area contributed by atoms with Crippen molar-refractivity contribution < 1.29 is 22.7 Å². The summed E-state index contributed by atoms with van der Waals surface area (Å²) in [6, 6.07) is 3.17. The standard InChI is InChI=1S/C15H10ClF4N5O/c16-8-1-3-10(11(18)5-8)15(26,14(19)20)13(25-7-22-23-24-25)12-4-2-9(17)6-21-12/h1-7,13-14,26H. The van der Waals surface area contributed by atoms with Crippen LogP contribution in [0.25, 0.3) is 0 Å². The number of rotatable bonds is 5. The van der Waals surface area contributed by atoms with Crippen molar-refractivity contribution in [2.75, 3.05) is 0 Å². The van der Waals surface area contributed by atoms with E-state index in [0.717, 1.165) is 47.5 Å². The second-order valence-electron chi connectivity index (χ2n) is 5.34. The van der Waals surface area contributed by atoms with Crippen molar-refractivity contribution in [3.63, 3.8) is 0 Å². The molecule has 0 saturated carbocycles. The molecule has 11 heteroatoms. The highest BCUT2D eigenvalue weighted by Gasteiger charge is 2.51. The van der Waals surface area contributed by atoms with Gasteiger partial charge in [0.15, 0.2) is 5.60 Å². The Bertz CT molecular complexity index is 894. The lowest BCUT2D eigenvalue weighted by atomic mass is 9.84. The van der Waals surface area contributed by atoms with E-state index < -0.39 is 35.3 Å². The van der Waals surface area contributed by atoms with Gasteiger partial charge in [-0.3, -0.25) is 4.98 Å². The number of tetrazole rings is 1. The maximum Gasteiger partial charge on any atom is 0.273 e. The lowest BCUT2D eigenvalue weighted by Crippen LogP contribution is -2.45. The molecular formula is C15H10ClF4N5O. The van der Waals surface area contributed by atoms with Gasteiger partial charge in [0.2, 0.25) is 0 Å². The van der Waals surface area contributed by atoms with Crippen LogP contribution in [0.4, 0.5) is 17.6 Å². The third kappa shape index (κ3) is 3.13. The van der Waals surface area contributed by atoms with E-state index in [1.165, 1.54) is 0 Å². The number of pyridine rings is 1. The van der Waals surface area contributed by atoms with Crippen LogP contribution in [0, 0.1) is 11.6 Å². The van der Waals surface area contributed by atoms with Crippen LogP contribution < -0.4 is 0 Å². The first kappa shape index (κ1) is 18.2. The van der Waals surface area contributed by atoms with E-state index in [4.69, 9.17) is 11.6 Å². The third-order valence-corrected chi connectivity index (χ3v) is 4.01. The Kier molecular flexibility index (Phi) is 4.88. The Morgan fingerprint density at radius 2 is 1.92 bits per heavy atom. The fourth-order valence-corrected chi connectivity index (χ4v) is 2.76. The summed E-state index contributed by atoms with van der Waals surface area (Å²) in [6.07, 6.45) is -1.74. The van der Waals surface area contributed by atoms with Gasteiger partial charge in [-0.15, -0.1) is 5.10 Å². The van der Waals surface area contributed by atoms with Crippen molar-refractivity contribution in [3.05, 3.63) is 70.8 Å². The largest absolute Gasteiger partial charge is 0.377 e. The zero-order valence-corrected chi connectivity index (χ0v) is 13.5. The molecule has 6 nitrogen and oxygen atoms in total. The smallest absolute Gasteiger partial charge is 0.273 e. The molecule has 0 aliphatic rings. The van der Waals surface area contributed by atoms with Crippen molar-refractivity contribution >= 4 is 11.6 Å². The zero-order valence-electron chi connectivity index (χ0n) is 12.8. The Morgan fingerprint density at radius 1 is 1.15 bits per heavy atom. The molecule has 1 aromatic carbocycles. The molecule has 136 valence electrons. The molecule has 2 aromatic heterocycles. The molecule has 2 unspecified atom stereocenters. The van der Waals surface area contributed by atoms with Crippen LogP contribution in [0.15, 0.2) is 42.9 Å². The van der Waals surface area contributed by atoms with Crippen LogP contribution in [0.2, 0.25) is 5.02 Å². The number of alkyl halides is 2. The molecule has 26 heavy (non-hydrogen) atoms. The van der Waals surface area contributed by atoms with Crippen molar-refractivity contribution in [3.8, 4) is 0 Å². The van der Waals surface area contributed by atoms with Crippen molar-refractivity contribution in [2.24, 2.45) is 0 Å². The monoisotopic (exact) mass is 387 g/mol. The predicted molar refractivity (Wildman–Crippen MR) is 81.5 cm³/mol. The van der Waals surface area contributed by atoms with Crippen LogP contribution in [-0.4, -0.2) is 36.7 Å². The summed E-state index contributed by atoms with van der Waals surface area (Å²) in [5, 5.41) is 21.1. The van der Waals surface area contributed by atoms with Crippen LogP contribution in [0.3, 0.4) is 0 Å². The Morgan fingerprint density at radius 3 is 2.46 bits per heavy atom. The van der Waals surface area contributed by atoms with Crippen LogP contribution in [0.5, 0.6) is 0 Å². The van der Waals surface area contributed by atoms with E-state index in [1.807, 2.05) is 0 Å². The molecule has 0 fully saturated rings. The Labute approximate surface area is 149 Å². The second-order valence-corrected chi connectivity index (χ2v) is 5.78. The SMILES string of the molecule is OC(c1ccc(Cl)cc1F)(C(F)F)C(c1ccc(F)cn1)n1cnnn1. The number of aliphatic hydroxyl groups is 1. The molecule has 0 spiro atoms. The molecule has 0 saturated heterocycles. The number of halogens is 5. The fourth-order valence-electron chi connectivity index (χ4n) is 2.60. The molecule has 1 N–H and O–H groups in total. The highest BCUT2D eigenvalue weighted by Crippen LogP contribution is 2.43. The molecular weight excluding hydrogens is 378 g/mol. The molecule has 0 radical (unpaired) electrons. The van der Waals surface area contributed by atoms with E-state index in [2.05, 4.69) is 20.5 Å². The summed E-state index contributed by atoms with van der Waals surface area (Å²) in [7, 11) is 0. The quantitative estimate of drug-likeness (QED) is 0.681. The van der Waals surface area contributed by atoms with Crippen molar-refractivity contribution in [1.29, 1.82) is 0 Å². The van der Waals surface area contributed by atoms with E-state index in [-0.39, 0.29) is 10.7 Å². The molecule has 0 aliphatic carbocycles. The van der Waals surface area contributed by atoms with E-state index in [9.17, 15) is 22.7 Å². The highest BCUT2D eigenvalue weighted by atomic mass is 35.5. The summed E-state index contributed by atoms with van der Waals surface area (Å²) in [5.74, 6) is -1.87. The topological polar surface area (TPSA) is 76.7 Å². The van der Waals surface area contributed by atoms with Crippen molar-refractivity contribution in [1.82, 2.24) is 25.2 Å². The number of benzene rings is 1. The van der Waals surface area contributed by atoms with Gasteiger partial charge in [-0.25, -0.2) is 22.2 Å². The average Bonchev–Trinajstić information content (AvgIpc) is 3.10. The predicted octanol–water partition coefficient (Wildman–Crippen LogP) is 2.74. The first-order chi connectivity index (χ1) is 12.3. The number of aromatic nitrogens is 5. The van der Waals surface area contributed by atoms with Gasteiger partial charge in [-0.05, 0) is 34.7 Å². The number of hydrogen-bond donors (Lipinski definition) is 1. The first-order valence-electron chi connectivity index (χ1n) is 7.14. The van der Waals surface area contributed by atoms with Gasteiger partial charge in [-0.1, -0.05) is 17.7 Å². The maximum atomic E-state index is 14.4. The number of hydrogen-bond acceptors (Lipinski definition) is 5. The fraction of sp³-hybridized carbons (Fsp3) is 0.200. The molecule has 0 amide bonds. The minimum Gasteiger partial charge on any atom is -0.377 e. The average molecular weight is 388 g/mol. The highest BCUT2D eigenvalue weighted by molar-refractivity contribution is 6.30. The summed E-state index contributed by atoms with van der Waals surface area (Å²) in [4.78, 5) is 3.72. The van der Waals surface area contributed by atoms with Gasteiger partial charge >= 0.3 is 0 Å². The molecule has 0 bridgehead atoms. The van der Waals surface area contributed by atoms with Gasteiger partial charge < -0.3 is 5.11 Å². The zero-order chi connectivity index (χ0) is 18.9. The molecule has 3 aromatic rings. The lowest BCUT2D eigenvalue weighted by Gasteiger charge is -2.35. The summed E-state index contributed by atoms with van der Waals surface area (Å²) < 4.78 is 56.4. The van der Waals surface area contributed by atoms with Gasteiger partial charge in [0.25, 0.3) is 6.43 Å². The van der Waals surface area contributed by atoms with E-state index in [0.29, 0.717) is 0 Å². The number of nitrogens with zero attached hydrogens (tertiary/aromatic N) is 5. The minimum atomic E-state index is -3.47. The molecule has 0 aliphatic heterocycles. The van der Waals surface area contributed by atoms with Crippen molar-refractivity contribution in [2.45, 2.75) is 18.1 Å². The maximum absolute atomic E-state index is 14.4. The molecule has 2 atom stereocenters. The summed E-state index contributed by atoms with van der Waals surface area (Å²) in [5.41, 5.74) is -4.05. The van der Waals surface area contributed by atoms with Crippen LogP contribution >= 0.6 is 11.6 Å². The summed E-state index contributed by atoms with van der Waals surface area (Å²) >= 11 is 5.66. The van der Waals surface area contributed by atoms with Gasteiger partial charge in [0, 0.05) is 10.6 Å². The Hall–Kier alpha value is -2.59. The summed E-state index contributed by atoms with van der Waals surface area (Å²) in [6.45, 7) is 0. The third-order valence-electron chi connectivity index (χ3n) is 3.77. The van der Waals surface area contributed by atoms with Crippen LogP contribution in [0.1, 0.15) is 17.3 Å². The normalized spacial score (nSPS) is 15.0. The van der Waals surface area contributed by atoms with Gasteiger partial charge in [0.1, 0.15) is 24.0 Å². The lowest BCUT2D eigenvalue weighted by molar-refractivity contribution is -0.130. The van der Waals surface area contributed by atoms with E-state index >= 15 is 0 Å². The Balaban J connectivity index is 2.25. The van der Waals surface area contributed by atoms with Gasteiger partial charge in [-0.2, -0.15) is 0 Å². The van der Waals surface area contributed by atoms with Gasteiger partial charge in [0.05, 0.1) is 11.9 Å². The minimum absolute atomic E-state index is 0.0400. The first-order valence-corrected chi connectivity index (χ1v) is 7.51. The molecule has 3 rings (SSSR count).